The van der Waals surface area contributed by atoms with Crippen molar-refractivity contribution in [3.05, 3.63) is 59.7 Å². The summed E-state index contributed by atoms with van der Waals surface area (Å²) in [7, 11) is 0. The Morgan fingerprint density at radius 3 is 2.38 bits per heavy atom. The van der Waals surface area contributed by atoms with Crippen LogP contribution in [0.4, 0.5) is 14.5 Å². The zero-order valence-corrected chi connectivity index (χ0v) is 15.4. The molecule has 2 rings (SSSR count). The first-order valence-corrected chi connectivity index (χ1v) is 9.20. The summed E-state index contributed by atoms with van der Waals surface area (Å²) in [4.78, 5) is 26.9. The summed E-state index contributed by atoms with van der Waals surface area (Å²) < 4.78 is 26.1. The Labute approximate surface area is 155 Å². The van der Waals surface area contributed by atoms with Gasteiger partial charge in [-0.1, -0.05) is 12.1 Å². The minimum Gasteiger partial charge on any atom is -0.339 e. The van der Waals surface area contributed by atoms with Crippen molar-refractivity contribution in [3.63, 3.8) is 0 Å². The zero-order chi connectivity index (χ0) is 19.1. The van der Waals surface area contributed by atoms with Crippen molar-refractivity contribution >= 4 is 29.3 Å². The van der Waals surface area contributed by atoms with Crippen LogP contribution < -0.4 is 5.32 Å². The van der Waals surface area contributed by atoms with Crippen molar-refractivity contribution in [1.82, 2.24) is 4.90 Å². The summed E-state index contributed by atoms with van der Waals surface area (Å²) in [6, 6.07) is 10.3. The standard InChI is InChI=1S/C19H20F2N2O2S/c1-3-23(4-2)19(25)14-7-5-6-8-17(14)22-18(24)12-26-13-9-10-15(20)16(21)11-13/h5-11H,3-4,12H2,1-2H3,(H,22,24). The Morgan fingerprint density at radius 2 is 1.73 bits per heavy atom. The number of nitrogens with zero attached hydrogens (tertiary/aromatic N) is 1. The van der Waals surface area contributed by atoms with E-state index in [4.69, 9.17) is 0 Å². The van der Waals surface area contributed by atoms with Crippen molar-refractivity contribution < 1.29 is 18.4 Å². The summed E-state index contributed by atoms with van der Waals surface area (Å²) in [6.07, 6.45) is 0. The molecule has 0 spiro atoms. The molecule has 138 valence electrons. The van der Waals surface area contributed by atoms with Crippen LogP contribution in [0.2, 0.25) is 0 Å². The summed E-state index contributed by atoms with van der Waals surface area (Å²) in [6.45, 7) is 4.93. The fourth-order valence-electron chi connectivity index (χ4n) is 2.36. The molecule has 0 aliphatic carbocycles. The fourth-order valence-corrected chi connectivity index (χ4v) is 3.08. The van der Waals surface area contributed by atoms with Gasteiger partial charge in [0.2, 0.25) is 5.91 Å². The molecule has 0 fully saturated rings. The van der Waals surface area contributed by atoms with Crippen LogP contribution in [0.5, 0.6) is 0 Å². The van der Waals surface area contributed by atoms with Gasteiger partial charge in [-0.2, -0.15) is 0 Å². The van der Waals surface area contributed by atoms with Gasteiger partial charge >= 0.3 is 0 Å². The number of thioether (sulfide) groups is 1. The Morgan fingerprint density at radius 1 is 1.04 bits per heavy atom. The Kier molecular flexibility index (Phi) is 7.15. The molecule has 0 saturated heterocycles. The minimum absolute atomic E-state index is 0.0128. The van der Waals surface area contributed by atoms with Gasteiger partial charge in [0, 0.05) is 18.0 Å². The van der Waals surface area contributed by atoms with Crippen molar-refractivity contribution in [2.45, 2.75) is 18.7 Å². The summed E-state index contributed by atoms with van der Waals surface area (Å²) >= 11 is 1.09. The number of hydrogen-bond acceptors (Lipinski definition) is 3. The third-order valence-corrected chi connectivity index (χ3v) is 4.74. The number of hydrogen-bond donors (Lipinski definition) is 1. The van der Waals surface area contributed by atoms with E-state index < -0.39 is 11.6 Å². The van der Waals surface area contributed by atoms with Crippen LogP contribution in [0, 0.1) is 11.6 Å². The van der Waals surface area contributed by atoms with Crippen LogP contribution in [-0.2, 0) is 4.79 Å². The molecule has 0 unspecified atom stereocenters. The predicted octanol–water partition coefficient (Wildman–Crippen LogP) is 4.18. The highest BCUT2D eigenvalue weighted by Crippen LogP contribution is 2.22. The van der Waals surface area contributed by atoms with E-state index in [1.54, 1.807) is 29.2 Å². The molecule has 0 atom stereocenters. The van der Waals surface area contributed by atoms with Crippen molar-refractivity contribution in [1.29, 1.82) is 0 Å². The molecule has 1 N–H and O–H groups in total. The van der Waals surface area contributed by atoms with Crippen molar-refractivity contribution in [3.8, 4) is 0 Å². The SMILES string of the molecule is CCN(CC)C(=O)c1ccccc1NC(=O)CSc1ccc(F)c(F)c1. The maximum atomic E-state index is 13.2. The van der Waals surface area contributed by atoms with Gasteiger partial charge in [0.25, 0.3) is 5.91 Å². The second-order valence-electron chi connectivity index (χ2n) is 5.44. The van der Waals surface area contributed by atoms with Crippen LogP contribution in [0.1, 0.15) is 24.2 Å². The number of benzene rings is 2. The zero-order valence-electron chi connectivity index (χ0n) is 14.6. The molecule has 2 amide bonds. The molecule has 0 bridgehead atoms. The molecule has 7 heteroatoms. The molecule has 0 aromatic heterocycles. The van der Waals surface area contributed by atoms with Gasteiger partial charge in [-0.05, 0) is 44.2 Å². The van der Waals surface area contributed by atoms with Crippen molar-refractivity contribution in [2.24, 2.45) is 0 Å². The average molecular weight is 378 g/mol. The minimum atomic E-state index is -0.953. The summed E-state index contributed by atoms with van der Waals surface area (Å²) in [5.41, 5.74) is 0.850. The van der Waals surface area contributed by atoms with E-state index in [0.717, 1.165) is 23.9 Å². The Bertz CT molecular complexity index is 795. The number of amides is 2. The molecule has 0 aliphatic heterocycles. The number of para-hydroxylation sites is 1. The van der Waals surface area contributed by atoms with Gasteiger partial charge in [0.1, 0.15) is 0 Å². The smallest absolute Gasteiger partial charge is 0.255 e. The lowest BCUT2D eigenvalue weighted by atomic mass is 10.1. The van der Waals surface area contributed by atoms with E-state index in [-0.39, 0.29) is 17.6 Å². The predicted molar refractivity (Wildman–Crippen MR) is 99.4 cm³/mol. The molecule has 2 aromatic rings. The lowest BCUT2D eigenvalue weighted by Gasteiger charge is -2.20. The summed E-state index contributed by atoms with van der Waals surface area (Å²) in [5.74, 6) is -2.36. The number of nitrogens with one attached hydrogen (secondary N) is 1. The maximum Gasteiger partial charge on any atom is 0.255 e. The van der Waals surface area contributed by atoms with E-state index >= 15 is 0 Å². The Hall–Kier alpha value is -2.41. The third kappa shape index (κ3) is 5.05. The average Bonchev–Trinajstić information content (AvgIpc) is 2.64. The van der Waals surface area contributed by atoms with Gasteiger partial charge in [-0.15, -0.1) is 11.8 Å². The normalized spacial score (nSPS) is 10.5. The maximum absolute atomic E-state index is 13.2. The Balaban J connectivity index is 2.05. The first-order chi connectivity index (χ1) is 12.5. The fraction of sp³-hybridized carbons (Fsp3) is 0.263. The third-order valence-electron chi connectivity index (χ3n) is 3.74. The second-order valence-corrected chi connectivity index (χ2v) is 6.48. The van der Waals surface area contributed by atoms with Crippen LogP contribution in [-0.4, -0.2) is 35.6 Å². The van der Waals surface area contributed by atoms with Crippen LogP contribution in [0.3, 0.4) is 0 Å². The highest BCUT2D eigenvalue weighted by atomic mass is 32.2. The highest BCUT2D eigenvalue weighted by molar-refractivity contribution is 8.00. The molecule has 4 nitrogen and oxygen atoms in total. The topological polar surface area (TPSA) is 49.4 Å². The van der Waals surface area contributed by atoms with E-state index in [2.05, 4.69) is 5.32 Å². The van der Waals surface area contributed by atoms with E-state index in [9.17, 15) is 18.4 Å². The summed E-state index contributed by atoms with van der Waals surface area (Å²) in [5, 5.41) is 2.72. The van der Waals surface area contributed by atoms with Gasteiger partial charge in [-0.25, -0.2) is 8.78 Å². The molecule has 26 heavy (non-hydrogen) atoms. The number of carbonyl (C=O) groups is 2. The number of carbonyl (C=O) groups excluding carboxylic acids is 2. The van der Waals surface area contributed by atoms with Crippen LogP contribution >= 0.6 is 11.8 Å². The van der Waals surface area contributed by atoms with E-state index in [1.807, 2.05) is 13.8 Å². The van der Waals surface area contributed by atoms with Gasteiger partial charge < -0.3 is 10.2 Å². The van der Waals surface area contributed by atoms with E-state index in [0.29, 0.717) is 29.2 Å². The molecule has 2 aromatic carbocycles. The lowest BCUT2D eigenvalue weighted by molar-refractivity contribution is -0.113. The van der Waals surface area contributed by atoms with Gasteiger partial charge in [0.15, 0.2) is 11.6 Å². The molecular weight excluding hydrogens is 358 g/mol. The van der Waals surface area contributed by atoms with Crippen LogP contribution in [0.25, 0.3) is 0 Å². The van der Waals surface area contributed by atoms with E-state index in [1.165, 1.54) is 6.07 Å². The quantitative estimate of drug-likeness (QED) is 0.736. The number of halogens is 2. The first-order valence-electron chi connectivity index (χ1n) is 8.22. The molecule has 0 aliphatic rings. The van der Waals surface area contributed by atoms with Gasteiger partial charge in [-0.3, -0.25) is 9.59 Å². The van der Waals surface area contributed by atoms with Gasteiger partial charge in [0.05, 0.1) is 17.0 Å². The molecular formula is C19H20F2N2O2S. The van der Waals surface area contributed by atoms with Crippen LogP contribution in [0.15, 0.2) is 47.4 Å². The monoisotopic (exact) mass is 378 g/mol. The molecule has 0 radical (unpaired) electrons. The molecule has 0 heterocycles. The first kappa shape index (κ1) is 19.9. The largest absolute Gasteiger partial charge is 0.339 e. The number of anilines is 1. The second kappa shape index (κ2) is 9.33. The number of rotatable bonds is 7. The van der Waals surface area contributed by atoms with Crippen molar-refractivity contribution in [2.75, 3.05) is 24.2 Å². The highest BCUT2D eigenvalue weighted by Gasteiger charge is 2.17. The molecule has 0 saturated carbocycles. The lowest BCUT2D eigenvalue weighted by Crippen LogP contribution is -2.31.